The number of benzene rings is 2. The van der Waals surface area contributed by atoms with Crippen molar-refractivity contribution < 1.29 is 14.5 Å². The Labute approximate surface area is 229 Å². The molecule has 1 saturated carbocycles. The molecule has 5 rings (SSSR count). The van der Waals surface area contributed by atoms with E-state index in [2.05, 4.69) is 19.1 Å². The standard InChI is InChI=1S/C27H27NO3S2.Na/c1-3-17-13-14-23(33(31)18-9-5-4-6-10-18)24-20(27(29)30)15-21(28-25(17)24)26-16(2)19-11-7-8-12-22(19)32-26;/h7-8,11-15,18H,3-6,9-10H2,1-2H3,(H,29,30);. The molecule has 4 aromatic rings. The first-order valence-corrected chi connectivity index (χ1v) is 13.6. The second-order valence-corrected chi connectivity index (χ2v) is 11.5. The maximum Gasteiger partial charge on any atom is 0.336 e. The zero-order chi connectivity index (χ0) is 23.1. The van der Waals surface area contributed by atoms with Crippen LogP contribution in [0, 0.1) is 6.92 Å². The van der Waals surface area contributed by atoms with Gasteiger partial charge in [-0.1, -0.05) is 37.6 Å². The van der Waals surface area contributed by atoms with E-state index in [4.69, 9.17) is 4.98 Å². The number of pyridine rings is 1. The zero-order valence-electron chi connectivity index (χ0n) is 19.9. The molecule has 4 nitrogen and oxygen atoms in total. The van der Waals surface area contributed by atoms with Gasteiger partial charge in [0.2, 0.25) is 0 Å². The van der Waals surface area contributed by atoms with Gasteiger partial charge in [-0.05, 0) is 84.9 Å². The Morgan fingerprint density at radius 3 is 2.59 bits per heavy atom. The van der Waals surface area contributed by atoms with E-state index in [-0.39, 0.29) is 40.4 Å². The quantitative estimate of drug-likeness (QED) is 0.243. The van der Waals surface area contributed by atoms with Gasteiger partial charge < -0.3 is 9.66 Å². The average Bonchev–Trinajstić information content (AvgIpc) is 3.19. The largest absolute Gasteiger partial charge is 0.611 e. The Morgan fingerprint density at radius 1 is 1.18 bits per heavy atom. The summed E-state index contributed by atoms with van der Waals surface area (Å²) in [4.78, 5) is 19.1. The number of nitrogens with zero attached hydrogens (tertiary/aromatic N) is 1. The van der Waals surface area contributed by atoms with Crippen LogP contribution in [0.1, 0.15) is 60.5 Å². The average molecular weight is 501 g/mol. The summed E-state index contributed by atoms with van der Waals surface area (Å²) >= 11 is 0.387. The topological polar surface area (TPSA) is 73.2 Å². The van der Waals surface area contributed by atoms with Crippen LogP contribution in [0.5, 0.6) is 0 Å². The number of aromatic nitrogens is 1. The molecule has 1 radical (unpaired) electrons. The Morgan fingerprint density at radius 2 is 1.91 bits per heavy atom. The van der Waals surface area contributed by atoms with E-state index in [0.717, 1.165) is 52.8 Å². The monoisotopic (exact) mass is 500 g/mol. The Kier molecular flexibility index (Phi) is 8.07. The van der Waals surface area contributed by atoms with Crippen LogP contribution in [0.25, 0.3) is 31.6 Å². The fourth-order valence-corrected chi connectivity index (χ4v) is 7.88. The van der Waals surface area contributed by atoms with Gasteiger partial charge in [0.05, 0.1) is 27.0 Å². The van der Waals surface area contributed by atoms with Crippen molar-refractivity contribution in [1.82, 2.24) is 4.98 Å². The molecule has 1 fully saturated rings. The molecule has 2 aromatic heterocycles. The number of hydrogen-bond acceptors (Lipinski definition) is 4. The Hall–Kier alpha value is -1.41. The van der Waals surface area contributed by atoms with Crippen LogP contribution < -0.4 is 0 Å². The third-order valence-electron chi connectivity index (χ3n) is 6.77. The summed E-state index contributed by atoms with van der Waals surface area (Å²) in [5.41, 5.74) is 3.64. The summed E-state index contributed by atoms with van der Waals surface area (Å²) in [6, 6.07) is 13.8. The van der Waals surface area contributed by atoms with Crippen LogP contribution in [-0.2, 0) is 17.6 Å². The zero-order valence-corrected chi connectivity index (χ0v) is 23.5. The Balaban J connectivity index is 0.00000274. The first-order valence-electron chi connectivity index (χ1n) is 11.6. The molecular weight excluding hydrogens is 473 g/mol. The second-order valence-electron chi connectivity index (χ2n) is 8.77. The minimum atomic E-state index is -1.25. The van der Waals surface area contributed by atoms with Crippen LogP contribution in [0.15, 0.2) is 47.4 Å². The molecule has 0 bridgehead atoms. The number of carbonyl (C=O) groups is 1. The van der Waals surface area contributed by atoms with Crippen LogP contribution in [0.2, 0.25) is 0 Å². The van der Waals surface area contributed by atoms with E-state index >= 15 is 0 Å². The summed E-state index contributed by atoms with van der Waals surface area (Å²) in [5, 5.41) is 12.0. The van der Waals surface area contributed by atoms with Crippen molar-refractivity contribution in [3.63, 3.8) is 0 Å². The van der Waals surface area contributed by atoms with E-state index in [1.165, 1.54) is 11.8 Å². The molecule has 34 heavy (non-hydrogen) atoms. The van der Waals surface area contributed by atoms with Crippen LogP contribution >= 0.6 is 11.3 Å². The second kappa shape index (κ2) is 10.7. The molecule has 1 aliphatic carbocycles. The van der Waals surface area contributed by atoms with E-state index in [1.807, 2.05) is 31.2 Å². The number of aryl methyl sites for hydroxylation is 2. The van der Waals surface area contributed by atoms with Gasteiger partial charge in [-0.2, -0.15) is 0 Å². The third kappa shape index (κ3) is 4.57. The number of carboxylic acids is 1. The minimum absolute atomic E-state index is 0. The predicted octanol–water partition coefficient (Wildman–Crippen LogP) is 6.75. The van der Waals surface area contributed by atoms with E-state index in [0.29, 0.717) is 21.5 Å². The molecule has 1 unspecified atom stereocenters. The molecule has 171 valence electrons. The number of rotatable bonds is 5. The van der Waals surface area contributed by atoms with Gasteiger partial charge in [-0.15, -0.1) is 11.3 Å². The van der Waals surface area contributed by atoms with Gasteiger partial charge in [-0.25, -0.2) is 9.78 Å². The molecule has 0 spiro atoms. The maximum atomic E-state index is 13.6. The molecule has 0 aliphatic heterocycles. The van der Waals surface area contributed by atoms with Crippen molar-refractivity contribution >= 4 is 79.0 Å². The van der Waals surface area contributed by atoms with Gasteiger partial charge in [-0.3, -0.25) is 0 Å². The fourth-order valence-electron chi connectivity index (χ4n) is 4.98. The van der Waals surface area contributed by atoms with Crippen molar-refractivity contribution in [3.05, 3.63) is 59.2 Å². The van der Waals surface area contributed by atoms with Crippen molar-refractivity contribution in [2.75, 3.05) is 0 Å². The number of thiophene rings is 1. The van der Waals surface area contributed by atoms with E-state index < -0.39 is 17.1 Å². The Bertz CT molecular complexity index is 1360. The molecule has 7 heteroatoms. The summed E-state index contributed by atoms with van der Waals surface area (Å²) < 4.78 is 14.8. The van der Waals surface area contributed by atoms with Gasteiger partial charge in [0.1, 0.15) is 5.25 Å². The van der Waals surface area contributed by atoms with E-state index in [9.17, 15) is 14.5 Å². The minimum Gasteiger partial charge on any atom is -0.611 e. The van der Waals surface area contributed by atoms with Gasteiger partial charge >= 0.3 is 5.97 Å². The van der Waals surface area contributed by atoms with Crippen molar-refractivity contribution in [1.29, 1.82) is 0 Å². The smallest absolute Gasteiger partial charge is 0.336 e. The van der Waals surface area contributed by atoms with Crippen molar-refractivity contribution in [2.45, 2.75) is 62.5 Å². The number of carboxylic acid groups (broad SMARTS) is 1. The number of hydrogen-bond donors (Lipinski definition) is 1. The molecule has 0 amide bonds. The fraction of sp³-hybridized carbons (Fsp3) is 0.333. The number of aromatic carboxylic acids is 1. The van der Waals surface area contributed by atoms with Crippen LogP contribution in [-0.4, -0.2) is 55.4 Å². The molecule has 1 N–H and O–H groups in total. The molecular formula is C27H27NNaO3S2. The van der Waals surface area contributed by atoms with Gasteiger partial charge in [0.15, 0.2) is 4.90 Å². The molecule has 1 atom stereocenters. The molecule has 0 saturated heterocycles. The maximum absolute atomic E-state index is 13.6. The van der Waals surface area contributed by atoms with Crippen LogP contribution in [0.3, 0.4) is 0 Å². The molecule has 2 aromatic carbocycles. The number of fused-ring (bicyclic) bond motifs is 2. The van der Waals surface area contributed by atoms with Crippen molar-refractivity contribution in [3.8, 4) is 10.6 Å². The van der Waals surface area contributed by atoms with Crippen LogP contribution in [0.4, 0.5) is 0 Å². The van der Waals surface area contributed by atoms with Gasteiger partial charge in [0.25, 0.3) is 0 Å². The summed E-state index contributed by atoms with van der Waals surface area (Å²) in [6.45, 7) is 4.11. The first kappa shape index (κ1) is 25.7. The first-order chi connectivity index (χ1) is 16.0. The third-order valence-corrected chi connectivity index (χ3v) is 9.91. The van der Waals surface area contributed by atoms with Gasteiger partial charge in [0, 0.05) is 34.3 Å². The normalized spacial score (nSPS) is 15.4. The van der Waals surface area contributed by atoms with Crippen molar-refractivity contribution in [2.24, 2.45) is 0 Å². The summed E-state index contributed by atoms with van der Waals surface area (Å²) in [6.07, 6.45) is 5.94. The molecule has 2 heterocycles. The summed E-state index contributed by atoms with van der Waals surface area (Å²) in [5.74, 6) is -1.00. The summed E-state index contributed by atoms with van der Waals surface area (Å²) in [7, 11) is 0. The predicted molar refractivity (Wildman–Crippen MR) is 143 cm³/mol. The van der Waals surface area contributed by atoms with E-state index in [1.54, 1.807) is 17.4 Å². The molecule has 1 aliphatic rings. The SMILES string of the molecule is CCc1ccc([S+]([O-])C2CCCCC2)c2c(C(=O)O)cc(-c3sc4ccccc4c3C)nc12.[Na].